The van der Waals surface area contributed by atoms with Crippen molar-refractivity contribution >= 4 is 15.8 Å². The van der Waals surface area contributed by atoms with E-state index in [0.717, 1.165) is 16.9 Å². The Labute approximate surface area is 182 Å². The molecule has 0 saturated heterocycles. The van der Waals surface area contributed by atoms with Gasteiger partial charge in [-0.2, -0.15) is 0 Å². The molecule has 162 valence electrons. The van der Waals surface area contributed by atoms with Crippen molar-refractivity contribution in [1.29, 1.82) is 0 Å². The molecule has 0 saturated carbocycles. The lowest BCUT2D eigenvalue weighted by atomic mass is 10.1. The van der Waals surface area contributed by atoms with E-state index in [1.165, 1.54) is 18.2 Å². The highest BCUT2D eigenvalue weighted by molar-refractivity contribution is 7.91. The van der Waals surface area contributed by atoms with Crippen LogP contribution < -0.4 is 9.47 Å². The molecule has 0 unspecified atom stereocenters. The van der Waals surface area contributed by atoms with Crippen LogP contribution in [0, 0.1) is 0 Å². The maximum absolute atomic E-state index is 13.3. The van der Waals surface area contributed by atoms with Crippen LogP contribution in [0.15, 0.2) is 76.5 Å². The normalized spacial score (nSPS) is 11.2. The highest BCUT2D eigenvalue weighted by atomic mass is 32.2. The van der Waals surface area contributed by atoms with E-state index in [9.17, 15) is 13.2 Å². The van der Waals surface area contributed by atoms with Crippen molar-refractivity contribution < 1.29 is 27.8 Å². The van der Waals surface area contributed by atoms with Gasteiger partial charge >= 0.3 is 5.97 Å². The summed E-state index contributed by atoms with van der Waals surface area (Å²) in [4.78, 5) is 11.3. The zero-order chi connectivity index (χ0) is 22.4. The molecule has 0 aliphatic heterocycles. The number of hydrogen-bond acceptors (Lipinski definition) is 5. The van der Waals surface area contributed by atoms with E-state index in [4.69, 9.17) is 14.6 Å². The third-order valence-electron chi connectivity index (χ3n) is 4.56. The van der Waals surface area contributed by atoms with Gasteiger partial charge in [0.05, 0.1) is 29.4 Å². The summed E-state index contributed by atoms with van der Waals surface area (Å²) >= 11 is 0. The molecule has 0 aromatic heterocycles. The summed E-state index contributed by atoms with van der Waals surface area (Å²) in [6.45, 7) is 4.59. The van der Waals surface area contributed by atoms with Crippen molar-refractivity contribution in [3.63, 3.8) is 0 Å². The molecule has 0 heterocycles. The number of carboxylic acids is 1. The summed E-state index contributed by atoms with van der Waals surface area (Å²) in [7, 11) is -3.88. The lowest BCUT2D eigenvalue weighted by Crippen LogP contribution is -2.06. The minimum absolute atomic E-state index is 0.00135. The summed E-state index contributed by atoms with van der Waals surface area (Å²) in [5.74, 6) is 0.0192. The van der Waals surface area contributed by atoms with Gasteiger partial charge in [-0.25, -0.2) is 8.42 Å². The first-order chi connectivity index (χ1) is 14.8. The Morgan fingerprint density at radius 2 is 1.48 bits per heavy atom. The Morgan fingerprint density at radius 1 is 0.806 bits per heavy atom. The third-order valence-corrected chi connectivity index (χ3v) is 6.29. The monoisotopic (exact) mass is 440 g/mol. The number of carboxylic acid groups (broad SMARTS) is 1. The maximum atomic E-state index is 13.3. The van der Waals surface area contributed by atoms with Crippen LogP contribution in [0.3, 0.4) is 0 Å². The van der Waals surface area contributed by atoms with Crippen molar-refractivity contribution in [1.82, 2.24) is 0 Å². The summed E-state index contributed by atoms with van der Waals surface area (Å²) in [5, 5.41) is 9.11. The molecule has 0 aliphatic carbocycles. The van der Waals surface area contributed by atoms with E-state index in [1.807, 2.05) is 37.3 Å². The molecule has 7 heteroatoms. The van der Waals surface area contributed by atoms with Gasteiger partial charge < -0.3 is 14.6 Å². The second-order valence-electron chi connectivity index (χ2n) is 6.80. The molecule has 3 aromatic carbocycles. The Bertz CT molecular complexity index is 1170. The quantitative estimate of drug-likeness (QED) is 0.523. The smallest absolute Gasteiger partial charge is 0.307 e. The molecular weight excluding hydrogens is 416 g/mol. The number of aliphatic carboxylic acids is 1. The molecule has 0 atom stereocenters. The van der Waals surface area contributed by atoms with Gasteiger partial charge in [-0.05, 0) is 73.0 Å². The van der Waals surface area contributed by atoms with Gasteiger partial charge in [0.1, 0.15) is 11.5 Å². The van der Waals surface area contributed by atoms with Crippen LogP contribution in [-0.2, 0) is 21.1 Å². The Morgan fingerprint density at radius 3 is 2.13 bits per heavy atom. The minimum Gasteiger partial charge on any atom is -0.494 e. The predicted octanol–water partition coefficient (Wildman–Crippen LogP) is 4.61. The van der Waals surface area contributed by atoms with Crippen molar-refractivity contribution in [2.45, 2.75) is 30.1 Å². The fourth-order valence-corrected chi connectivity index (χ4v) is 4.59. The first-order valence-corrected chi connectivity index (χ1v) is 11.4. The highest BCUT2D eigenvalue weighted by Crippen LogP contribution is 2.30. The molecular formula is C24H24O6S. The lowest BCUT2D eigenvalue weighted by molar-refractivity contribution is -0.136. The van der Waals surface area contributed by atoms with Crippen molar-refractivity contribution in [3.8, 4) is 22.6 Å². The molecule has 0 bridgehead atoms. The Kier molecular flexibility index (Phi) is 6.97. The molecule has 0 amide bonds. The first-order valence-electron chi connectivity index (χ1n) is 9.90. The van der Waals surface area contributed by atoms with Crippen LogP contribution in [0.25, 0.3) is 11.1 Å². The Balaban J connectivity index is 2.01. The van der Waals surface area contributed by atoms with Crippen LogP contribution in [0.5, 0.6) is 11.5 Å². The van der Waals surface area contributed by atoms with E-state index in [0.29, 0.717) is 24.5 Å². The molecule has 31 heavy (non-hydrogen) atoms. The average molecular weight is 441 g/mol. The minimum atomic E-state index is -3.88. The topological polar surface area (TPSA) is 89.9 Å². The second kappa shape index (κ2) is 9.66. The van der Waals surface area contributed by atoms with E-state index in [-0.39, 0.29) is 16.2 Å². The number of hydrogen-bond donors (Lipinski definition) is 1. The predicted molar refractivity (Wildman–Crippen MR) is 117 cm³/mol. The van der Waals surface area contributed by atoms with Gasteiger partial charge in [-0.3, -0.25) is 4.79 Å². The van der Waals surface area contributed by atoms with E-state index in [1.54, 1.807) is 25.1 Å². The van der Waals surface area contributed by atoms with Crippen LogP contribution >= 0.6 is 0 Å². The molecule has 3 aromatic rings. The number of benzene rings is 3. The number of sulfone groups is 1. The summed E-state index contributed by atoms with van der Waals surface area (Å²) in [6, 6.07) is 18.4. The van der Waals surface area contributed by atoms with E-state index < -0.39 is 15.8 Å². The van der Waals surface area contributed by atoms with Crippen LogP contribution in [-0.4, -0.2) is 32.7 Å². The fourth-order valence-electron chi connectivity index (χ4n) is 3.20. The van der Waals surface area contributed by atoms with Gasteiger partial charge in [-0.15, -0.1) is 0 Å². The fraction of sp³-hybridized carbons (Fsp3) is 0.208. The molecule has 0 fully saturated rings. The number of carbonyl (C=O) groups is 1. The summed E-state index contributed by atoms with van der Waals surface area (Å²) in [5.41, 5.74) is 1.96. The number of rotatable bonds is 9. The molecule has 1 N–H and O–H groups in total. The van der Waals surface area contributed by atoms with Crippen LogP contribution in [0.4, 0.5) is 0 Å². The summed E-state index contributed by atoms with van der Waals surface area (Å²) in [6.07, 6.45) is -0.296. The van der Waals surface area contributed by atoms with E-state index in [2.05, 4.69) is 0 Å². The number of ether oxygens (including phenoxy) is 2. The van der Waals surface area contributed by atoms with Gasteiger partial charge in [0.2, 0.25) is 9.84 Å². The third kappa shape index (κ3) is 5.44. The maximum Gasteiger partial charge on any atom is 0.307 e. The van der Waals surface area contributed by atoms with Crippen LogP contribution in [0.1, 0.15) is 19.4 Å². The largest absolute Gasteiger partial charge is 0.494 e. The van der Waals surface area contributed by atoms with Gasteiger partial charge in [0.15, 0.2) is 0 Å². The van der Waals surface area contributed by atoms with Gasteiger partial charge in [-0.1, -0.05) is 24.3 Å². The van der Waals surface area contributed by atoms with Gasteiger partial charge in [0.25, 0.3) is 0 Å². The van der Waals surface area contributed by atoms with Gasteiger partial charge in [0, 0.05) is 0 Å². The molecule has 0 aliphatic rings. The van der Waals surface area contributed by atoms with E-state index >= 15 is 0 Å². The zero-order valence-electron chi connectivity index (χ0n) is 17.4. The zero-order valence-corrected chi connectivity index (χ0v) is 18.2. The average Bonchev–Trinajstić information content (AvgIpc) is 2.74. The summed E-state index contributed by atoms with van der Waals surface area (Å²) < 4.78 is 37.6. The lowest BCUT2D eigenvalue weighted by Gasteiger charge is -2.12. The van der Waals surface area contributed by atoms with Crippen LogP contribution in [0.2, 0.25) is 0 Å². The Hall–Kier alpha value is -3.32. The highest BCUT2D eigenvalue weighted by Gasteiger charge is 2.21. The second-order valence-corrected chi connectivity index (χ2v) is 8.75. The molecule has 6 nitrogen and oxygen atoms in total. The standard InChI is InChI=1S/C24H24O6S/c1-3-29-20-10-8-18(9-11-20)19-6-5-7-22(15-19)31(27,28)23-13-17(14-24(25)26)12-21(16-23)30-4-2/h5-13,15-16H,3-4,14H2,1-2H3,(H,25,26). The van der Waals surface area contributed by atoms with Crippen molar-refractivity contribution in [3.05, 3.63) is 72.3 Å². The molecule has 0 radical (unpaired) electrons. The molecule has 0 spiro atoms. The SMILES string of the molecule is CCOc1ccc(-c2cccc(S(=O)(=O)c3cc(CC(=O)O)cc(OCC)c3)c2)cc1. The first kappa shape index (κ1) is 22.4. The van der Waals surface area contributed by atoms with Crippen molar-refractivity contribution in [2.24, 2.45) is 0 Å². The van der Waals surface area contributed by atoms with Crippen molar-refractivity contribution in [2.75, 3.05) is 13.2 Å². The molecule has 3 rings (SSSR count).